The second kappa shape index (κ2) is 6.40. The first-order valence-corrected chi connectivity index (χ1v) is 8.76. The monoisotopic (exact) mass is 376 g/mol. The van der Waals surface area contributed by atoms with E-state index in [9.17, 15) is 13.2 Å². The molecule has 0 radical (unpaired) electrons. The summed E-state index contributed by atoms with van der Waals surface area (Å²) in [5, 5.41) is 6.22. The van der Waals surface area contributed by atoms with Crippen molar-refractivity contribution in [2.24, 2.45) is 0 Å². The summed E-state index contributed by atoms with van der Waals surface area (Å²) in [4.78, 5) is 16.0. The Balaban J connectivity index is 1.55. The van der Waals surface area contributed by atoms with Gasteiger partial charge in [-0.15, -0.1) is 0 Å². The van der Waals surface area contributed by atoms with E-state index in [4.69, 9.17) is 0 Å². The predicted molar refractivity (Wildman–Crippen MR) is 96.9 cm³/mol. The molecule has 142 valence electrons. The van der Waals surface area contributed by atoms with Gasteiger partial charge in [0.1, 0.15) is 5.52 Å². The van der Waals surface area contributed by atoms with Gasteiger partial charge in [0.15, 0.2) is 5.65 Å². The van der Waals surface area contributed by atoms with Gasteiger partial charge in [0.05, 0.1) is 11.8 Å². The third-order valence-electron chi connectivity index (χ3n) is 4.81. The molecule has 4 rings (SSSR count). The highest BCUT2D eigenvalue weighted by atomic mass is 19.4. The Labute approximate surface area is 153 Å². The molecule has 0 spiro atoms. The number of anilines is 3. The number of H-pyrrole nitrogens is 1. The van der Waals surface area contributed by atoms with Crippen LogP contribution in [0.15, 0.2) is 30.5 Å². The third-order valence-corrected chi connectivity index (χ3v) is 4.81. The number of aromatic nitrogens is 4. The van der Waals surface area contributed by atoms with Crippen molar-refractivity contribution in [1.82, 2.24) is 19.9 Å². The maximum absolute atomic E-state index is 12.8. The Kier molecular flexibility index (Phi) is 4.16. The Morgan fingerprint density at radius 3 is 2.67 bits per heavy atom. The number of aromatic amines is 1. The van der Waals surface area contributed by atoms with Crippen molar-refractivity contribution >= 4 is 28.7 Å². The van der Waals surface area contributed by atoms with Gasteiger partial charge in [0.25, 0.3) is 0 Å². The largest absolute Gasteiger partial charge is 0.416 e. The highest BCUT2D eigenvalue weighted by Crippen LogP contribution is 2.32. The second-order valence-corrected chi connectivity index (χ2v) is 7.11. The van der Waals surface area contributed by atoms with Crippen molar-refractivity contribution < 1.29 is 13.2 Å². The summed E-state index contributed by atoms with van der Waals surface area (Å²) in [6, 6.07) is 4.95. The molecule has 9 heteroatoms. The summed E-state index contributed by atoms with van der Waals surface area (Å²) in [6.07, 6.45) is 1.72. The van der Waals surface area contributed by atoms with E-state index in [-0.39, 0.29) is 11.2 Å². The van der Waals surface area contributed by atoms with Gasteiger partial charge in [0.2, 0.25) is 11.9 Å². The van der Waals surface area contributed by atoms with Crippen molar-refractivity contribution in [2.45, 2.75) is 44.3 Å². The minimum absolute atomic E-state index is 0.0108. The zero-order chi connectivity index (χ0) is 19.1. The molecule has 0 atom stereocenters. The fourth-order valence-corrected chi connectivity index (χ4v) is 3.39. The van der Waals surface area contributed by atoms with Crippen molar-refractivity contribution in [1.29, 1.82) is 0 Å². The number of hydrogen-bond donors (Lipinski definition) is 3. The van der Waals surface area contributed by atoms with Crippen molar-refractivity contribution in [2.75, 3.05) is 10.6 Å². The summed E-state index contributed by atoms with van der Waals surface area (Å²) in [5.41, 5.74) is 0.604. The molecule has 0 saturated heterocycles. The highest BCUT2D eigenvalue weighted by Gasteiger charge is 2.31. The molecule has 1 aromatic carbocycles. The smallest absolute Gasteiger partial charge is 0.349 e. The Morgan fingerprint density at radius 1 is 1.15 bits per heavy atom. The quantitative estimate of drug-likeness (QED) is 0.606. The molecule has 6 nitrogen and oxygen atoms in total. The molecule has 2 aromatic heterocycles. The molecule has 2 heterocycles. The van der Waals surface area contributed by atoms with Crippen LogP contribution in [0.4, 0.5) is 30.8 Å². The molecule has 0 aliphatic heterocycles. The normalized spacial score (nSPS) is 16.6. The van der Waals surface area contributed by atoms with Crippen LogP contribution in [0.25, 0.3) is 11.2 Å². The number of benzene rings is 1. The summed E-state index contributed by atoms with van der Waals surface area (Å²) in [6.45, 7) is 2.15. The van der Waals surface area contributed by atoms with Gasteiger partial charge in [-0.1, -0.05) is 18.9 Å². The summed E-state index contributed by atoms with van der Waals surface area (Å²) < 4.78 is 38.5. The average molecular weight is 376 g/mol. The first-order valence-electron chi connectivity index (χ1n) is 8.76. The molecule has 3 N–H and O–H groups in total. The van der Waals surface area contributed by atoms with Crippen molar-refractivity contribution in [3.8, 4) is 0 Å². The van der Waals surface area contributed by atoms with Gasteiger partial charge < -0.3 is 15.6 Å². The lowest BCUT2D eigenvalue weighted by Crippen LogP contribution is -2.31. The maximum atomic E-state index is 12.8. The number of fused-ring (bicyclic) bond motifs is 1. The van der Waals surface area contributed by atoms with E-state index >= 15 is 0 Å². The van der Waals surface area contributed by atoms with E-state index in [0.29, 0.717) is 23.1 Å². The van der Waals surface area contributed by atoms with Crippen molar-refractivity contribution in [3.63, 3.8) is 0 Å². The van der Waals surface area contributed by atoms with Crippen LogP contribution in [0.5, 0.6) is 0 Å². The third kappa shape index (κ3) is 3.81. The number of halogens is 3. The molecular weight excluding hydrogens is 357 g/mol. The van der Waals surface area contributed by atoms with Gasteiger partial charge in [-0.25, -0.2) is 4.98 Å². The second-order valence-electron chi connectivity index (χ2n) is 7.11. The number of rotatable bonds is 4. The Morgan fingerprint density at radius 2 is 1.93 bits per heavy atom. The molecule has 1 aliphatic carbocycles. The topological polar surface area (TPSA) is 78.5 Å². The Hall–Kier alpha value is -2.84. The van der Waals surface area contributed by atoms with Crippen LogP contribution in [-0.4, -0.2) is 25.5 Å². The molecule has 0 bridgehead atoms. The van der Waals surface area contributed by atoms with Crippen molar-refractivity contribution in [3.05, 3.63) is 36.0 Å². The molecular formula is C18H19F3N6. The van der Waals surface area contributed by atoms with E-state index in [2.05, 4.69) is 37.5 Å². The molecule has 1 fully saturated rings. The predicted octanol–water partition coefficient (Wildman–Crippen LogP) is 4.86. The van der Waals surface area contributed by atoms with Crippen LogP contribution in [0.1, 0.15) is 38.2 Å². The molecule has 1 saturated carbocycles. The van der Waals surface area contributed by atoms with E-state index < -0.39 is 11.7 Å². The van der Waals surface area contributed by atoms with Crippen LogP contribution >= 0.6 is 0 Å². The lowest BCUT2D eigenvalue weighted by Gasteiger charge is -2.24. The lowest BCUT2D eigenvalue weighted by atomic mass is 10.0. The first-order chi connectivity index (χ1) is 12.8. The van der Waals surface area contributed by atoms with Gasteiger partial charge >= 0.3 is 6.18 Å². The zero-order valence-electron chi connectivity index (χ0n) is 14.7. The highest BCUT2D eigenvalue weighted by molar-refractivity contribution is 5.75. The lowest BCUT2D eigenvalue weighted by molar-refractivity contribution is -0.137. The summed E-state index contributed by atoms with van der Waals surface area (Å²) in [7, 11) is 0. The summed E-state index contributed by atoms with van der Waals surface area (Å²) in [5.74, 6) is 0.812. The number of imidazole rings is 1. The average Bonchev–Trinajstić information content (AvgIpc) is 3.20. The summed E-state index contributed by atoms with van der Waals surface area (Å²) >= 11 is 0. The van der Waals surface area contributed by atoms with Crippen LogP contribution in [-0.2, 0) is 6.18 Å². The standard InChI is InChI=1S/C18H19F3N6/c1-17(7-2-3-8-17)27-15-22-10-13-14(25-15)26-16(24-13)23-12-6-4-5-11(9-12)18(19,20)21/h4-6,9-10H,2-3,7-8H2,1H3,(H3,22,23,24,25,26,27). The SMILES string of the molecule is CC1(Nc2ncc3[nH]c(Nc4cccc(C(F)(F)F)c4)nc3n2)CCCC1. The van der Waals surface area contributed by atoms with Gasteiger partial charge in [-0.05, 0) is 38.0 Å². The number of hydrogen-bond acceptors (Lipinski definition) is 5. The van der Waals surface area contributed by atoms with Crippen LogP contribution in [0, 0.1) is 0 Å². The minimum atomic E-state index is -4.39. The number of nitrogens with one attached hydrogen (secondary N) is 3. The maximum Gasteiger partial charge on any atom is 0.416 e. The molecule has 0 unspecified atom stereocenters. The zero-order valence-corrected chi connectivity index (χ0v) is 14.7. The van der Waals surface area contributed by atoms with E-state index in [1.54, 1.807) is 12.3 Å². The van der Waals surface area contributed by atoms with Gasteiger partial charge in [-0.2, -0.15) is 23.1 Å². The van der Waals surface area contributed by atoms with Gasteiger partial charge in [-0.3, -0.25) is 0 Å². The number of nitrogens with zero attached hydrogens (tertiary/aromatic N) is 3. The molecule has 27 heavy (non-hydrogen) atoms. The molecule has 1 aliphatic rings. The molecule has 3 aromatic rings. The van der Waals surface area contributed by atoms with Gasteiger partial charge in [0, 0.05) is 11.2 Å². The first kappa shape index (κ1) is 17.6. The van der Waals surface area contributed by atoms with Crippen LogP contribution in [0.3, 0.4) is 0 Å². The van der Waals surface area contributed by atoms with Crippen LogP contribution in [0.2, 0.25) is 0 Å². The number of alkyl halides is 3. The Bertz CT molecular complexity index is 959. The molecule has 0 amide bonds. The fraction of sp³-hybridized carbons (Fsp3) is 0.389. The van der Waals surface area contributed by atoms with E-state index in [1.165, 1.54) is 18.9 Å². The van der Waals surface area contributed by atoms with Crippen LogP contribution < -0.4 is 10.6 Å². The van der Waals surface area contributed by atoms with E-state index in [1.807, 2.05) is 0 Å². The van der Waals surface area contributed by atoms with E-state index in [0.717, 1.165) is 25.0 Å². The fourth-order valence-electron chi connectivity index (χ4n) is 3.39. The minimum Gasteiger partial charge on any atom is -0.349 e.